The molecule has 1 atom stereocenters. The largest absolute Gasteiger partial charge is 0.461 e. The number of hydrogen-bond donors (Lipinski definition) is 0. The zero-order valence-corrected chi connectivity index (χ0v) is 20.8. The summed E-state index contributed by atoms with van der Waals surface area (Å²) in [6.45, 7) is 12.6. The van der Waals surface area contributed by atoms with E-state index in [2.05, 4.69) is 56.2 Å². The number of benzene rings is 1. The van der Waals surface area contributed by atoms with Crippen molar-refractivity contribution in [3.05, 3.63) is 39.7 Å². The molecule has 0 amide bonds. The van der Waals surface area contributed by atoms with Crippen LogP contribution in [0, 0.1) is 0 Å². The number of aromatic nitrogens is 1. The molecule has 5 rings (SSSR count). The quantitative estimate of drug-likeness (QED) is 0.530. The van der Waals surface area contributed by atoms with E-state index in [0.29, 0.717) is 12.3 Å². The molecule has 0 N–H and O–H groups in total. The Hall–Kier alpha value is -1.72. The smallest absolute Gasteiger partial charge is 0.306 e. The van der Waals surface area contributed by atoms with Gasteiger partial charge in [-0.3, -0.25) is 9.69 Å². The van der Waals surface area contributed by atoms with Gasteiger partial charge in [-0.15, -0.1) is 11.3 Å². The molecule has 1 aromatic carbocycles. The van der Waals surface area contributed by atoms with Gasteiger partial charge in [0.1, 0.15) is 6.10 Å². The van der Waals surface area contributed by atoms with Crippen LogP contribution in [0.3, 0.4) is 0 Å². The predicted octanol–water partition coefficient (Wildman–Crippen LogP) is 6.04. The van der Waals surface area contributed by atoms with Gasteiger partial charge in [0.15, 0.2) is 0 Å². The van der Waals surface area contributed by atoms with E-state index in [-0.39, 0.29) is 22.9 Å². The fourth-order valence-electron chi connectivity index (χ4n) is 5.72. The first kappa shape index (κ1) is 22.1. The lowest BCUT2D eigenvalue weighted by atomic mass is 9.63. The standard InChI is InChI=1S/C27H36N2O2S/c1-26(2)11-12-27(3,4)22-15-19(5-7-21(22)26)23-17-32-25(28-23)18-9-13-29(14-10-18)16-20-6-8-24(30)31-20/h5,7,15,17-18,20H,6,8-14,16H2,1-4H3. The predicted molar refractivity (Wildman–Crippen MR) is 130 cm³/mol. The number of esters is 1. The van der Waals surface area contributed by atoms with Gasteiger partial charge in [-0.2, -0.15) is 0 Å². The van der Waals surface area contributed by atoms with Crippen LogP contribution in [0.25, 0.3) is 11.3 Å². The highest BCUT2D eigenvalue weighted by molar-refractivity contribution is 7.10. The number of piperidine rings is 1. The summed E-state index contributed by atoms with van der Waals surface area (Å²) in [4.78, 5) is 18.9. The van der Waals surface area contributed by atoms with Gasteiger partial charge in [0.25, 0.3) is 0 Å². The Labute approximate surface area is 196 Å². The van der Waals surface area contributed by atoms with Crippen molar-refractivity contribution in [3.63, 3.8) is 0 Å². The Morgan fingerprint density at radius 1 is 1.06 bits per heavy atom. The van der Waals surface area contributed by atoms with Crippen LogP contribution in [-0.4, -0.2) is 41.6 Å². The van der Waals surface area contributed by atoms with E-state index in [0.717, 1.165) is 44.6 Å². The van der Waals surface area contributed by atoms with Crippen LogP contribution < -0.4 is 0 Å². The fourth-order valence-corrected chi connectivity index (χ4v) is 6.72. The van der Waals surface area contributed by atoms with Crippen LogP contribution >= 0.6 is 11.3 Å². The van der Waals surface area contributed by atoms with Gasteiger partial charge in [0.2, 0.25) is 0 Å². The first-order valence-electron chi connectivity index (χ1n) is 12.2. The number of rotatable bonds is 4. The van der Waals surface area contributed by atoms with Crippen LogP contribution in [0.5, 0.6) is 0 Å². The molecular weight excluding hydrogens is 416 g/mol. The number of hydrogen-bond acceptors (Lipinski definition) is 5. The van der Waals surface area contributed by atoms with Gasteiger partial charge in [-0.1, -0.05) is 39.8 Å². The molecule has 0 radical (unpaired) electrons. The monoisotopic (exact) mass is 452 g/mol. The summed E-state index contributed by atoms with van der Waals surface area (Å²) in [6, 6.07) is 7.06. The van der Waals surface area contributed by atoms with Crippen LogP contribution in [0.4, 0.5) is 0 Å². The second-order valence-corrected chi connectivity index (χ2v) is 12.2. The third-order valence-electron chi connectivity index (χ3n) is 8.04. The summed E-state index contributed by atoms with van der Waals surface area (Å²) >= 11 is 1.82. The van der Waals surface area contributed by atoms with Gasteiger partial charge >= 0.3 is 5.97 Å². The maximum Gasteiger partial charge on any atom is 0.306 e. The summed E-state index contributed by atoms with van der Waals surface area (Å²) in [7, 11) is 0. The highest BCUT2D eigenvalue weighted by Crippen LogP contribution is 2.47. The summed E-state index contributed by atoms with van der Waals surface area (Å²) < 4.78 is 5.40. The van der Waals surface area contributed by atoms with Crippen LogP contribution in [0.2, 0.25) is 0 Å². The molecule has 1 aromatic heterocycles. The molecule has 0 spiro atoms. The van der Waals surface area contributed by atoms with E-state index in [9.17, 15) is 4.79 Å². The van der Waals surface area contributed by atoms with Gasteiger partial charge in [0, 0.05) is 29.8 Å². The van der Waals surface area contributed by atoms with Gasteiger partial charge < -0.3 is 4.74 Å². The Kier molecular flexibility index (Phi) is 5.69. The number of fused-ring (bicyclic) bond motifs is 1. The number of thiazole rings is 1. The zero-order chi connectivity index (χ0) is 22.5. The Morgan fingerprint density at radius 2 is 1.78 bits per heavy atom. The zero-order valence-electron chi connectivity index (χ0n) is 19.9. The van der Waals surface area contributed by atoms with Crippen molar-refractivity contribution in [2.75, 3.05) is 19.6 Å². The highest BCUT2D eigenvalue weighted by atomic mass is 32.1. The molecule has 172 valence electrons. The maximum atomic E-state index is 11.4. The molecule has 2 saturated heterocycles. The Balaban J connectivity index is 1.27. The van der Waals surface area contributed by atoms with Crippen molar-refractivity contribution in [3.8, 4) is 11.3 Å². The first-order valence-corrected chi connectivity index (χ1v) is 13.1. The summed E-state index contributed by atoms with van der Waals surface area (Å²) in [5.74, 6) is 0.512. The molecule has 2 aliphatic heterocycles. The van der Waals surface area contributed by atoms with Crippen molar-refractivity contribution in [2.45, 2.75) is 89.1 Å². The highest BCUT2D eigenvalue weighted by Gasteiger charge is 2.37. The van der Waals surface area contributed by atoms with Crippen molar-refractivity contribution in [1.82, 2.24) is 9.88 Å². The number of carbonyl (C=O) groups is 1. The minimum atomic E-state index is -0.0330. The topological polar surface area (TPSA) is 42.4 Å². The second-order valence-electron chi connectivity index (χ2n) is 11.3. The number of nitrogens with zero attached hydrogens (tertiary/aromatic N) is 2. The molecule has 1 unspecified atom stereocenters. The summed E-state index contributed by atoms with van der Waals surface area (Å²) in [5, 5.41) is 3.53. The minimum absolute atomic E-state index is 0.0330. The number of likely N-dealkylation sites (tertiary alicyclic amines) is 1. The third kappa shape index (κ3) is 4.26. The van der Waals surface area contributed by atoms with Crippen LogP contribution in [-0.2, 0) is 20.4 Å². The number of carbonyl (C=O) groups excluding carboxylic acids is 1. The van der Waals surface area contributed by atoms with E-state index < -0.39 is 0 Å². The Morgan fingerprint density at radius 3 is 2.47 bits per heavy atom. The molecule has 3 aliphatic rings. The average Bonchev–Trinajstić information content (AvgIpc) is 3.41. The first-order chi connectivity index (χ1) is 15.2. The van der Waals surface area contributed by atoms with Gasteiger partial charge in [0.05, 0.1) is 10.7 Å². The van der Waals surface area contributed by atoms with Crippen molar-refractivity contribution >= 4 is 17.3 Å². The lowest BCUT2D eigenvalue weighted by molar-refractivity contribution is -0.142. The van der Waals surface area contributed by atoms with Gasteiger partial charge in [-0.25, -0.2) is 4.98 Å². The van der Waals surface area contributed by atoms with Crippen molar-refractivity contribution in [1.29, 1.82) is 0 Å². The van der Waals surface area contributed by atoms with Crippen molar-refractivity contribution < 1.29 is 9.53 Å². The fraction of sp³-hybridized carbons (Fsp3) is 0.630. The number of ether oxygens (including phenoxy) is 1. The molecule has 5 heteroatoms. The number of cyclic esters (lactones) is 1. The molecule has 2 fully saturated rings. The van der Waals surface area contributed by atoms with E-state index in [1.54, 1.807) is 0 Å². The van der Waals surface area contributed by atoms with Crippen molar-refractivity contribution in [2.24, 2.45) is 0 Å². The summed E-state index contributed by atoms with van der Waals surface area (Å²) in [6.07, 6.45) is 6.32. The molecule has 4 nitrogen and oxygen atoms in total. The van der Waals surface area contributed by atoms with E-state index in [1.807, 2.05) is 11.3 Å². The van der Waals surface area contributed by atoms with Crippen LogP contribution in [0.15, 0.2) is 23.6 Å². The lowest BCUT2D eigenvalue weighted by Crippen LogP contribution is -2.38. The van der Waals surface area contributed by atoms with Gasteiger partial charge in [-0.05, 0) is 73.2 Å². The average molecular weight is 453 g/mol. The molecule has 0 bridgehead atoms. The molecule has 3 heterocycles. The molecule has 0 saturated carbocycles. The minimum Gasteiger partial charge on any atom is -0.461 e. The van der Waals surface area contributed by atoms with Crippen LogP contribution in [0.1, 0.15) is 88.3 Å². The molecule has 2 aromatic rings. The van der Waals surface area contributed by atoms with E-state index >= 15 is 0 Å². The Bertz CT molecular complexity index is 1000. The normalized spacial score (nSPS) is 25.5. The molecule has 1 aliphatic carbocycles. The van der Waals surface area contributed by atoms with E-state index in [1.165, 1.54) is 34.5 Å². The molecular formula is C27H36N2O2S. The lowest BCUT2D eigenvalue weighted by Gasteiger charge is -2.42. The molecule has 32 heavy (non-hydrogen) atoms. The maximum absolute atomic E-state index is 11.4. The second kappa shape index (κ2) is 8.25. The SMILES string of the molecule is CC1(C)CCC(C)(C)c2cc(-c3csc(C4CCN(CC5CCC(=O)O5)CC4)n3)ccc21. The van der Waals surface area contributed by atoms with E-state index in [4.69, 9.17) is 9.72 Å². The summed E-state index contributed by atoms with van der Waals surface area (Å²) in [5.41, 5.74) is 5.88. The third-order valence-corrected chi connectivity index (χ3v) is 9.04.